The van der Waals surface area contributed by atoms with Crippen molar-refractivity contribution in [1.29, 1.82) is 0 Å². The van der Waals surface area contributed by atoms with Crippen LogP contribution in [-0.4, -0.2) is 39.3 Å². The summed E-state index contributed by atoms with van der Waals surface area (Å²) in [5, 5.41) is 18.3. The maximum atomic E-state index is 12.2. The van der Waals surface area contributed by atoms with Crippen molar-refractivity contribution in [3.63, 3.8) is 0 Å². The Morgan fingerprint density at radius 2 is 1.53 bits per heavy atom. The minimum Gasteiger partial charge on any atom is -0.274 e. The summed E-state index contributed by atoms with van der Waals surface area (Å²) in [5.74, 6) is -0.124. The average Bonchev–Trinajstić information content (AvgIpc) is 3.16. The molecule has 0 aliphatic rings. The number of halogens is 2. The molecule has 12 heteroatoms. The SMILES string of the molecule is O=C(N/N=C/c1cccc(Cl)c1)Nc1nncn1C(=O)N/N=C/c1cccc(Cl)c1. The molecule has 0 unspecified atom stereocenters. The Balaban J connectivity index is 1.55. The van der Waals surface area contributed by atoms with Crippen molar-refractivity contribution < 1.29 is 9.59 Å². The molecular weight excluding hydrogens is 431 g/mol. The molecule has 30 heavy (non-hydrogen) atoms. The Hall–Kier alpha value is -3.76. The summed E-state index contributed by atoms with van der Waals surface area (Å²) in [6.07, 6.45) is 3.95. The molecule has 0 aliphatic carbocycles. The van der Waals surface area contributed by atoms with E-state index in [-0.39, 0.29) is 5.95 Å². The van der Waals surface area contributed by atoms with E-state index in [1.807, 2.05) is 0 Å². The van der Waals surface area contributed by atoms with Crippen molar-refractivity contribution in [3.05, 3.63) is 76.0 Å². The number of urea groups is 1. The van der Waals surface area contributed by atoms with Crippen molar-refractivity contribution in [1.82, 2.24) is 25.6 Å². The largest absolute Gasteiger partial charge is 0.350 e. The van der Waals surface area contributed by atoms with Crippen LogP contribution >= 0.6 is 23.2 Å². The third-order valence-electron chi connectivity index (χ3n) is 3.44. The first kappa shape index (κ1) is 21.0. The third-order valence-corrected chi connectivity index (χ3v) is 3.91. The lowest BCUT2D eigenvalue weighted by Gasteiger charge is -2.05. The standard InChI is InChI=1S/C18H14Cl2N8O2/c19-14-5-1-3-12(7-14)9-21-26-17(29)24-16-25-23-11-28(16)18(30)27-22-10-13-4-2-6-15(20)8-13/h1-11H,(H,27,30)(H2,24,25,26,29)/b21-9+,22-10+. The number of carbonyl (C=O) groups excluding carboxylic acids is 2. The van der Waals surface area contributed by atoms with E-state index >= 15 is 0 Å². The second kappa shape index (κ2) is 10.1. The first-order chi connectivity index (χ1) is 14.5. The fraction of sp³-hybridized carbons (Fsp3) is 0. The fourth-order valence-electron chi connectivity index (χ4n) is 2.15. The molecule has 3 rings (SSSR count). The van der Waals surface area contributed by atoms with Crippen molar-refractivity contribution in [3.8, 4) is 0 Å². The summed E-state index contributed by atoms with van der Waals surface area (Å²) in [7, 11) is 0. The van der Waals surface area contributed by atoms with Gasteiger partial charge in [0.2, 0.25) is 5.95 Å². The zero-order valence-electron chi connectivity index (χ0n) is 15.2. The van der Waals surface area contributed by atoms with Crippen LogP contribution in [0, 0.1) is 0 Å². The molecule has 0 fully saturated rings. The van der Waals surface area contributed by atoms with Crippen LogP contribution < -0.4 is 16.2 Å². The number of hydrogen-bond acceptors (Lipinski definition) is 6. The normalized spacial score (nSPS) is 11.0. The van der Waals surface area contributed by atoms with E-state index in [4.69, 9.17) is 23.2 Å². The molecule has 0 radical (unpaired) electrons. The molecule has 0 saturated carbocycles. The van der Waals surface area contributed by atoms with Gasteiger partial charge in [-0.1, -0.05) is 47.5 Å². The van der Waals surface area contributed by atoms with Gasteiger partial charge in [0.05, 0.1) is 12.4 Å². The molecule has 2 aromatic carbocycles. The molecule has 0 bridgehead atoms. The molecule has 152 valence electrons. The molecule has 3 amide bonds. The maximum Gasteiger partial charge on any atom is 0.350 e. The highest BCUT2D eigenvalue weighted by atomic mass is 35.5. The van der Waals surface area contributed by atoms with Crippen LogP contribution in [0.25, 0.3) is 0 Å². The lowest BCUT2D eigenvalue weighted by molar-refractivity contribution is 0.243. The predicted octanol–water partition coefficient (Wildman–Crippen LogP) is 3.33. The second-order valence-corrected chi connectivity index (χ2v) is 6.51. The van der Waals surface area contributed by atoms with E-state index in [0.717, 1.165) is 10.9 Å². The zero-order chi connectivity index (χ0) is 21.3. The Bertz CT molecular complexity index is 1110. The number of aromatic nitrogens is 3. The second-order valence-electron chi connectivity index (χ2n) is 5.63. The number of benzene rings is 2. The van der Waals surface area contributed by atoms with E-state index in [1.54, 1.807) is 48.5 Å². The zero-order valence-corrected chi connectivity index (χ0v) is 16.7. The Morgan fingerprint density at radius 3 is 2.13 bits per heavy atom. The van der Waals surface area contributed by atoms with Gasteiger partial charge < -0.3 is 0 Å². The molecule has 3 aromatic rings. The van der Waals surface area contributed by atoms with Gasteiger partial charge in [0, 0.05) is 10.0 Å². The Labute approximate surface area is 180 Å². The monoisotopic (exact) mass is 444 g/mol. The number of hydrazone groups is 2. The minimum atomic E-state index is -0.724. The van der Waals surface area contributed by atoms with Gasteiger partial charge in [-0.3, -0.25) is 5.32 Å². The third kappa shape index (κ3) is 6.12. The van der Waals surface area contributed by atoms with Crippen LogP contribution in [0.5, 0.6) is 0 Å². The molecule has 3 N–H and O–H groups in total. The summed E-state index contributed by atoms with van der Waals surface area (Å²) in [4.78, 5) is 24.2. The van der Waals surface area contributed by atoms with Crippen LogP contribution in [0.2, 0.25) is 10.0 Å². The lowest BCUT2D eigenvalue weighted by Crippen LogP contribution is -2.30. The number of carbonyl (C=O) groups is 2. The maximum absolute atomic E-state index is 12.2. The molecule has 1 aromatic heterocycles. The first-order valence-electron chi connectivity index (χ1n) is 8.36. The molecule has 0 atom stereocenters. The molecule has 10 nitrogen and oxygen atoms in total. The van der Waals surface area contributed by atoms with Crippen molar-refractivity contribution >= 4 is 53.6 Å². The van der Waals surface area contributed by atoms with Gasteiger partial charge >= 0.3 is 12.1 Å². The molecule has 0 saturated heterocycles. The van der Waals surface area contributed by atoms with Gasteiger partial charge in [0.15, 0.2) is 0 Å². The van der Waals surface area contributed by atoms with Crippen LogP contribution in [-0.2, 0) is 0 Å². The van der Waals surface area contributed by atoms with E-state index < -0.39 is 12.1 Å². The summed E-state index contributed by atoms with van der Waals surface area (Å²) in [6, 6.07) is 12.4. The minimum absolute atomic E-state index is 0.124. The number of anilines is 1. The Morgan fingerprint density at radius 1 is 0.933 bits per heavy atom. The first-order valence-corrected chi connectivity index (χ1v) is 9.11. The number of nitrogens with zero attached hydrogens (tertiary/aromatic N) is 5. The molecular formula is C18H14Cl2N8O2. The number of nitrogens with one attached hydrogen (secondary N) is 3. The molecule has 0 spiro atoms. The van der Waals surface area contributed by atoms with Crippen molar-refractivity contribution in [2.75, 3.05) is 5.32 Å². The van der Waals surface area contributed by atoms with Gasteiger partial charge in [-0.2, -0.15) is 10.2 Å². The van der Waals surface area contributed by atoms with E-state index in [0.29, 0.717) is 21.2 Å². The van der Waals surface area contributed by atoms with Gasteiger partial charge in [-0.15, -0.1) is 10.2 Å². The van der Waals surface area contributed by atoms with Gasteiger partial charge in [0.25, 0.3) is 0 Å². The van der Waals surface area contributed by atoms with Crippen molar-refractivity contribution in [2.45, 2.75) is 0 Å². The lowest BCUT2D eigenvalue weighted by atomic mass is 10.2. The van der Waals surface area contributed by atoms with Crippen LogP contribution in [0.15, 0.2) is 65.1 Å². The number of hydrogen-bond donors (Lipinski definition) is 3. The van der Waals surface area contributed by atoms with E-state index in [2.05, 4.69) is 36.6 Å². The predicted molar refractivity (Wildman–Crippen MR) is 114 cm³/mol. The van der Waals surface area contributed by atoms with Crippen molar-refractivity contribution in [2.24, 2.45) is 10.2 Å². The van der Waals surface area contributed by atoms with Crippen LogP contribution in [0.3, 0.4) is 0 Å². The highest BCUT2D eigenvalue weighted by molar-refractivity contribution is 6.31. The summed E-state index contributed by atoms with van der Waals surface area (Å²) in [5.41, 5.74) is 5.93. The summed E-state index contributed by atoms with van der Waals surface area (Å²) < 4.78 is 0.968. The quantitative estimate of drug-likeness (QED) is 0.411. The fourth-order valence-corrected chi connectivity index (χ4v) is 2.55. The van der Waals surface area contributed by atoms with E-state index in [1.165, 1.54) is 12.4 Å². The summed E-state index contributed by atoms with van der Waals surface area (Å²) in [6.45, 7) is 0. The highest BCUT2D eigenvalue weighted by Gasteiger charge is 2.13. The summed E-state index contributed by atoms with van der Waals surface area (Å²) >= 11 is 11.8. The van der Waals surface area contributed by atoms with Gasteiger partial charge in [-0.25, -0.2) is 25.0 Å². The average molecular weight is 445 g/mol. The van der Waals surface area contributed by atoms with Gasteiger partial charge in [-0.05, 0) is 35.4 Å². The highest BCUT2D eigenvalue weighted by Crippen LogP contribution is 2.09. The van der Waals surface area contributed by atoms with Crippen LogP contribution in [0.1, 0.15) is 11.1 Å². The molecule has 1 heterocycles. The number of amides is 3. The van der Waals surface area contributed by atoms with Crippen LogP contribution in [0.4, 0.5) is 15.5 Å². The number of rotatable bonds is 5. The smallest absolute Gasteiger partial charge is 0.274 e. The molecule has 0 aliphatic heterocycles. The van der Waals surface area contributed by atoms with Gasteiger partial charge in [0.1, 0.15) is 6.33 Å². The topological polar surface area (TPSA) is 126 Å². The Kier molecular flexibility index (Phi) is 7.09. The van der Waals surface area contributed by atoms with E-state index in [9.17, 15) is 9.59 Å².